The molecule has 3 nitrogen and oxygen atoms in total. The molecule has 2 atom stereocenters. The summed E-state index contributed by atoms with van der Waals surface area (Å²) in [6.45, 7) is 7.91. The van der Waals surface area contributed by atoms with Gasteiger partial charge in [0.2, 0.25) is 5.91 Å². The topological polar surface area (TPSA) is 49.3 Å². The first-order valence-electron chi connectivity index (χ1n) is 5.93. The minimum atomic E-state index is -0.555. The van der Waals surface area contributed by atoms with Crippen LogP contribution >= 0.6 is 22.9 Å². The molecule has 0 saturated carbocycles. The molecule has 1 rings (SSSR count). The van der Waals surface area contributed by atoms with Crippen LogP contribution in [0.3, 0.4) is 0 Å². The number of aliphatic hydroxyl groups is 1. The van der Waals surface area contributed by atoms with Crippen LogP contribution in [0.15, 0.2) is 12.1 Å². The minimum Gasteiger partial charge on any atom is -0.391 e. The highest BCUT2D eigenvalue weighted by Crippen LogP contribution is 2.28. The lowest BCUT2D eigenvalue weighted by molar-refractivity contribution is -0.122. The highest BCUT2D eigenvalue weighted by Gasteiger charge is 2.24. The van der Waals surface area contributed by atoms with Crippen molar-refractivity contribution < 1.29 is 9.90 Å². The fraction of sp³-hybridized carbons (Fsp3) is 0.615. The van der Waals surface area contributed by atoms with Gasteiger partial charge in [-0.15, -0.1) is 11.3 Å². The van der Waals surface area contributed by atoms with Gasteiger partial charge < -0.3 is 10.4 Å². The van der Waals surface area contributed by atoms with Gasteiger partial charge in [-0.25, -0.2) is 0 Å². The number of rotatable bonds is 4. The minimum absolute atomic E-state index is 0.0863. The van der Waals surface area contributed by atoms with Crippen molar-refractivity contribution in [2.45, 2.75) is 39.7 Å². The summed E-state index contributed by atoms with van der Waals surface area (Å²) in [4.78, 5) is 12.9. The first-order chi connectivity index (χ1) is 8.21. The van der Waals surface area contributed by atoms with Crippen molar-refractivity contribution >= 4 is 28.8 Å². The van der Waals surface area contributed by atoms with E-state index in [1.165, 1.54) is 11.3 Å². The molecule has 0 aliphatic heterocycles. The lowest BCUT2D eigenvalue weighted by atomic mass is 9.89. The number of halogens is 1. The van der Waals surface area contributed by atoms with Gasteiger partial charge in [0.25, 0.3) is 0 Å². The summed E-state index contributed by atoms with van der Waals surface area (Å²) in [7, 11) is 0. The molecule has 2 N–H and O–H groups in total. The molecule has 0 fully saturated rings. The molecule has 0 aromatic carbocycles. The number of nitrogens with one attached hydrogen (secondary N) is 1. The van der Waals surface area contributed by atoms with Gasteiger partial charge in [0.05, 0.1) is 16.4 Å². The Labute approximate surface area is 117 Å². The standard InChI is InChI=1S/C13H20ClNO2S/c1-8(9-5-6-11(14)18-9)12(17)15-7-10(16)13(2,3)4/h5-6,8,10,16H,7H2,1-4H3,(H,15,17). The first-order valence-corrected chi connectivity index (χ1v) is 7.12. The molecular formula is C13H20ClNO2S. The third-order valence-corrected chi connectivity index (χ3v) is 4.30. The van der Waals surface area contributed by atoms with E-state index in [2.05, 4.69) is 5.32 Å². The van der Waals surface area contributed by atoms with Crippen molar-refractivity contribution in [1.82, 2.24) is 5.32 Å². The van der Waals surface area contributed by atoms with E-state index in [0.29, 0.717) is 4.34 Å². The SMILES string of the molecule is CC(C(=O)NCC(O)C(C)(C)C)c1ccc(Cl)s1. The Kier molecular flexibility index (Phi) is 5.20. The Hall–Kier alpha value is -0.580. The van der Waals surface area contributed by atoms with Crippen LogP contribution in [0.5, 0.6) is 0 Å². The zero-order valence-corrected chi connectivity index (χ0v) is 12.7. The average molecular weight is 290 g/mol. The van der Waals surface area contributed by atoms with Crippen LogP contribution in [-0.4, -0.2) is 23.7 Å². The maximum atomic E-state index is 11.9. The van der Waals surface area contributed by atoms with E-state index in [1.807, 2.05) is 33.8 Å². The van der Waals surface area contributed by atoms with Crippen molar-refractivity contribution in [2.75, 3.05) is 6.54 Å². The predicted octanol–water partition coefficient (Wildman–Crippen LogP) is 3.03. The largest absolute Gasteiger partial charge is 0.391 e. The van der Waals surface area contributed by atoms with E-state index in [9.17, 15) is 9.90 Å². The summed E-state index contributed by atoms with van der Waals surface area (Å²) < 4.78 is 0.680. The number of aliphatic hydroxyl groups excluding tert-OH is 1. The van der Waals surface area contributed by atoms with E-state index in [-0.39, 0.29) is 23.8 Å². The van der Waals surface area contributed by atoms with E-state index in [0.717, 1.165) is 4.88 Å². The second-order valence-electron chi connectivity index (χ2n) is 5.49. The summed E-state index contributed by atoms with van der Waals surface area (Å²) in [6.07, 6.45) is -0.555. The summed E-state index contributed by atoms with van der Waals surface area (Å²) >= 11 is 7.25. The number of amides is 1. The summed E-state index contributed by atoms with van der Waals surface area (Å²) in [5.74, 6) is -0.327. The quantitative estimate of drug-likeness (QED) is 0.895. The fourth-order valence-electron chi connectivity index (χ4n) is 1.35. The third kappa shape index (κ3) is 4.26. The molecule has 2 unspecified atom stereocenters. The first kappa shape index (κ1) is 15.5. The predicted molar refractivity (Wildman–Crippen MR) is 76.2 cm³/mol. The average Bonchev–Trinajstić information content (AvgIpc) is 2.69. The van der Waals surface area contributed by atoms with E-state index >= 15 is 0 Å². The van der Waals surface area contributed by atoms with Crippen molar-refractivity contribution in [3.8, 4) is 0 Å². The van der Waals surface area contributed by atoms with Crippen molar-refractivity contribution in [2.24, 2.45) is 5.41 Å². The number of hydrogen-bond donors (Lipinski definition) is 2. The Morgan fingerprint density at radius 3 is 2.56 bits per heavy atom. The molecule has 1 heterocycles. The van der Waals surface area contributed by atoms with E-state index < -0.39 is 6.10 Å². The summed E-state index contributed by atoms with van der Waals surface area (Å²) in [5.41, 5.74) is -0.233. The lowest BCUT2D eigenvalue weighted by Crippen LogP contribution is -2.40. The van der Waals surface area contributed by atoms with Crippen LogP contribution in [0.2, 0.25) is 4.34 Å². The van der Waals surface area contributed by atoms with Crippen molar-refractivity contribution in [3.63, 3.8) is 0 Å². The second-order valence-corrected chi connectivity index (χ2v) is 7.24. The van der Waals surface area contributed by atoms with Gasteiger partial charge in [-0.05, 0) is 24.5 Å². The van der Waals surface area contributed by atoms with Crippen LogP contribution in [0, 0.1) is 5.41 Å². The zero-order valence-electron chi connectivity index (χ0n) is 11.2. The summed E-state index contributed by atoms with van der Waals surface area (Å²) in [5, 5.41) is 12.6. The second kappa shape index (κ2) is 6.04. The normalized spacial score (nSPS) is 15.2. The van der Waals surface area contributed by atoms with Crippen LogP contribution in [-0.2, 0) is 4.79 Å². The van der Waals surface area contributed by atoms with Crippen molar-refractivity contribution in [1.29, 1.82) is 0 Å². The zero-order chi connectivity index (χ0) is 13.9. The molecule has 1 amide bonds. The maximum Gasteiger partial charge on any atom is 0.228 e. The van der Waals surface area contributed by atoms with Gasteiger partial charge in [-0.3, -0.25) is 4.79 Å². The molecule has 0 spiro atoms. The highest BCUT2D eigenvalue weighted by atomic mass is 35.5. The van der Waals surface area contributed by atoms with E-state index in [4.69, 9.17) is 11.6 Å². The highest BCUT2D eigenvalue weighted by molar-refractivity contribution is 7.16. The molecule has 0 saturated heterocycles. The van der Waals surface area contributed by atoms with Gasteiger partial charge in [-0.2, -0.15) is 0 Å². The molecule has 0 aliphatic rings. The smallest absolute Gasteiger partial charge is 0.228 e. The van der Waals surface area contributed by atoms with E-state index in [1.54, 1.807) is 6.07 Å². The number of carbonyl (C=O) groups excluding carboxylic acids is 1. The Morgan fingerprint density at radius 1 is 1.50 bits per heavy atom. The van der Waals surface area contributed by atoms with Gasteiger partial charge in [-0.1, -0.05) is 32.4 Å². The summed E-state index contributed by atoms with van der Waals surface area (Å²) in [6, 6.07) is 3.65. The Morgan fingerprint density at radius 2 is 2.11 bits per heavy atom. The molecule has 18 heavy (non-hydrogen) atoms. The van der Waals surface area contributed by atoms with Crippen LogP contribution in [0.4, 0.5) is 0 Å². The molecule has 102 valence electrons. The molecule has 0 radical (unpaired) electrons. The maximum absolute atomic E-state index is 11.9. The number of carbonyl (C=O) groups is 1. The Bertz CT molecular complexity index is 411. The van der Waals surface area contributed by atoms with Crippen LogP contribution in [0.25, 0.3) is 0 Å². The van der Waals surface area contributed by atoms with Gasteiger partial charge in [0.15, 0.2) is 0 Å². The molecule has 0 bridgehead atoms. The van der Waals surface area contributed by atoms with Crippen LogP contribution in [0.1, 0.15) is 38.5 Å². The van der Waals surface area contributed by atoms with Gasteiger partial charge in [0.1, 0.15) is 0 Å². The Balaban J connectivity index is 2.51. The molecule has 5 heteroatoms. The monoisotopic (exact) mass is 289 g/mol. The molecule has 1 aromatic rings. The van der Waals surface area contributed by atoms with Crippen LogP contribution < -0.4 is 5.32 Å². The number of thiophene rings is 1. The van der Waals surface area contributed by atoms with Gasteiger partial charge in [0, 0.05) is 11.4 Å². The van der Waals surface area contributed by atoms with Crippen molar-refractivity contribution in [3.05, 3.63) is 21.3 Å². The molecular weight excluding hydrogens is 270 g/mol. The van der Waals surface area contributed by atoms with Gasteiger partial charge >= 0.3 is 0 Å². The fourth-order valence-corrected chi connectivity index (χ4v) is 2.46. The lowest BCUT2D eigenvalue weighted by Gasteiger charge is -2.26. The molecule has 1 aromatic heterocycles. The molecule has 0 aliphatic carbocycles. The number of hydrogen-bond acceptors (Lipinski definition) is 3. The third-order valence-electron chi connectivity index (χ3n) is 2.88.